The van der Waals surface area contributed by atoms with Crippen molar-refractivity contribution in [2.24, 2.45) is 0 Å². The highest BCUT2D eigenvalue weighted by Crippen LogP contribution is 2.43. The molecule has 1 N–H and O–H groups in total. The van der Waals surface area contributed by atoms with E-state index in [1.165, 1.54) is 25.8 Å². The summed E-state index contributed by atoms with van der Waals surface area (Å²) in [6.45, 7) is 3.28. The van der Waals surface area contributed by atoms with Crippen LogP contribution in [0, 0.1) is 0 Å². The molecule has 6 heteroatoms. The quantitative estimate of drug-likeness (QED) is 0.367. The van der Waals surface area contributed by atoms with Gasteiger partial charge in [-0.2, -0.15) is 0 Å². The molecule has 178 valence electrons. The largest absolute Gasteiger partial charge is 0.385 e. The Morgan fingerprint density at radius 1 is 1.06 bits per heavy atom. The van der Waals surface area contributed by atoms with Crippen LogP contribution in [0.5, 0.6) is 0 Å². The molecule has 3 aromatic rings. The summed E-state index contributed by atoms with van der Waals surface area (Å²) in [6.07, 6.45) is 4.51. The molecule has 1 atom stereocenters. The van der Waals surface area contributed by atoms with E-state index in [-0.39, 0.29) is 6.10 Å². The van der Waals surface area contributed by atoms with Crippen molar-refractivity contribution in [3.05, 3.63) is 88.4 Å². The average molecular weight is 512 g/mol. The summed E-state index contributed by atoms with van der Waals surface area (Å²) >= 11 is 9.65. The number of nitrogens with zero attached hydrogens (tertiary/aromatic N) is 1. The van der Waals surface area contributed by atoms with Gasteiger partial charge < -0.3 is 14.7 Å². The standard InChI is InChI=1S/C28H30ClNO2S2/c1-33-23-10-11-27-24(19-23)25(18-20-4-2-3-5-26(20)34-27)32-17-16-30-14-12-28(31,13-15-30)21-6-8-22(29)9-7-21/h2-11,19,25,31H,12-18H2,1H3. The van der Waals surface area contributed by atoms with Crippen LogP contribution in [0.15, 0.2) is 81.4 Å². The lowest BCUT2D eigenvalue weighted by Gasteiger charge is -2.38. The Morgan fingerprint density at radius 2 is 1.82 bits per heavy atom. The van der Waals surface area contributed by atoms with Crippen LogP contribution >= 0.6 is 35.1 Å². The molecule has 1 unspecified atom stereocenters. The van der Waals surface area contributed by atoms with Gasteiger partial charge in [0.05, 0.1) is 18.3 Å². The summed E-state index contributed by atoms with van der Waals surface area (Å²) in [5, 5.41) is 11.9. The average Bonchev–Trinajstić information content (AvgIpc) is 3.01. The number of likely N-dealkylation sites (tertiary alicyclic amines) is 1. The first-order valence-corrected chi connectivity index (χ1v) is 14.2. The van der Waals surface area contributed by atoms with Gasteiger partial charge in [-0.15, -0.1) is 11.8 Å². The summed E-state index contributed by atoms with van der Waals surface area (Å²) in [6, 6.07) is 23.0. The Balaban J connectivity index is 1.22. The Morgan fingerprint density at radius 3 is 2.59 bits per heavy atom. The third-order valence-corrected chi connectivity index (χ3v) is 9.14. The van der Waals surface area contributed by atoms with Crippen LogP contribution in [0.4, 0.5) is 0 Å². The van der Waals surface area contributed by atoms with Crippen molar-refractivity contribution in [3.63, 3.8) is 0 Å². The summed E-state index contributed by atoms with van der Waals surface area (Å²) in [5.41, 5.74) is 2.84. The normalized spacial score (nSPS) is 19.8. The van der Waals surface area contributed by atoms with E-state index in [1.807, 2.05) is 36.0 Å². The minimum atomic E-state index is -0.767. The van der Waals surface area contributed by atoms with Gasteiger partial charge in [0.1, 0.15) is 0 Å². The van der Waals surface area contributed by atoms with Crippen LogP contribution in [0.3, 0.4) is 0 Å². The van der Waals surface area contributed by atoms with E-state index in [2.05, 4.69) is 53.6 Å². The summed E-state index contributed by atoms with van der Waals surface area (Å²) < 4.78 is 6.56. The molecule has 2 heterocycles. The molecule has 2 aliphatic rings. The fourth-order valence-corrected chi connectivity index (χ4v) is 6.55. The maximum Gasteiger partial charge on any atom is 0.0920 e. The third-order valence-electron chi connectivity index (χ3n) is 6.95. The minimum Gasteiger partial charge on any atom is -0.385 e. The van der Waals surface area contributed by atoms with Crippen LogP contribution in [0.1, 0.15) is 35.6 Å². The van der Waals surface area contributed by atoms with Crippen molar-refractivity contribution < 1.29 is 9.84 Å². The number of fused-ring (bicyclic) bond motifs is 2. The molecular formula is C28H30ClNO2S2. The Labute approximate surface area is 215 Å². The molecular weight excluding hydrogens is 482 g/mol. The molecule has 0 amide bonds. The molecule has 0 bridgehead atoms. The zero-order chi connectivity index (χ0) is 23.5. The first-order chi connectivity index (χ1) is 16.5. The van der Waals surface area contributed by atoms with Crippen molar-refractivity contribution in [1.82, 2.24) is 4.90 Å². The molecule has 1 fully saturated rings. The molecule has 3 aromatic carbocycles. The summed E-state index contributed by atoms with van der Waals surface area (Å²) in [4.78, 5) is 6.29. The van der Waals surface area contributed by atoms with Gasteiger partial charge in [-0.25, -0.2) is 0 Å². The molecule has 2 aliphatic heterocycles. The fraction of sp³-hybridized carbons (Fsp3) is 0.357. The topological polar surface area (TPSA) is 32.7 Å². The maximum atomic E-state index is 11.2. The predicted octanol–water partition coefficient (Wildman–Crippen LogP) is 6.81. The number of thioether (sulfide) groups is 1. The van der Waals surface area contributed by atoms with Crippen molar-refractivity contribution >= 4 is 35.1 Å². The van der Waals surface area contributed by atoms with Gasteiger partial charge in [0.2, 0.25) is 0 Å². The van der Waals surface area contributed by atoms with E-state index < -0.39 is 5.60 Å². The van der Waals surface area contributed by atoms with E-state index in [0.29, 0.717) is 11.6 Å². The van der Waals surface area contributed by atoms with Crippen LogP contribution in [-0.4, -0.2) is 42.5 Å². The van der Waals surface area contributed by atoms with Crippen molar-refractivity contribution in [2.45, 2.75) is 45.7 Å². The number of benzene rings is 3. The number of aliphatic hydroxyl groups is 1. The Bertz CT molecular complexity index is 1130. The van der Waals surface area contributed by atoms with Gasteiger partial charge in [-0.05, 0) is 72.2 Å². The van der Waals surface area contributed by atoms with Gasteiger partial charge in [0.25, 0.3) is 0 Å². The number of halogens is 1. The molecule has 1 saturated heterocycles. The van der Waals surface area contributed by atoms with E-state index >= 15 is 0 Å². The number of piperidine rings is 1. The lowest BCUT2D eigenvalue weighted by atomic mass is 9.84. The van der Waals surface area contributed by atoms with Crippen molar-refractivity contribution in [1.29, 1.82) is 0 Å². The molecule has 0 aromatic heterocycles. The molecule has 0 radical (unpaired) electrons. The first kappa shape index (κ1) is 24.2. The van der Waals surface area contributed by atoms with E-state index in [4.69, 9.17) is 16.3 Å². The SMILES string of the molecule is CSc1ccc2c(c1)C(OCCN1CCC(O)(c3ccc(Cl)cc3)CC1)Cc1ccccc1S2. The highest BCUT2D eigenvalue weighted by Gasteiger charge is 2.34. The van der Waals surface area contributed by atoms with Crippen LogP contribution in [-0.2, 0) is 16.8 Å². The summed E-state index contributed by atoms with van der Waals surface area (Å²) in [7, 11) is 0. The van der Waals surface area contributed by atoms with Gasteiger partial charge >= 0.3 is 0 Å². The smallest absolute Gasteiger partial charge is 0.0920 e. The number of hydrogen-bond acceptors (Lipinski definition) is 5. The third kappa shape index (κ3) is 5.35. The highest BCUT2D eigenvalue weighted by molar-refractivity contribution is 7.99. The zero-order valence-corrected chi connectivity index (χ0v) is 21.8. The second-order valence-corrected chi connectivity index (χ2v) is 11.5. The van der Waals surface area contributed by atoms with E-state index in [0.717, 1.165) is 44.5 Å². The van der Waals surface area contributed by atoms with Crippen LogP contribution < -0.4 is 0 Å². The van der Waals surface area contributed by atoms with Gasteiger partial charge in [-0.3, -0.25) is 0 Å². The zero-order valence-electron chi connectivity index (χ0n) is 19.4. The van der Waals surface area contributed by atoms with Gasteiger partial charge in [0, 0.05) is 45.8 Å². The van der Waals surface area contributed by atoms with Crippen molar-refractivity contribution in [3.8, 4) is 0 Å². The lowest BCUT2D eigenvalue weighted by molar-refractivity contribution is -0.0362. The minimum absolute atomic E-state index is 0.0500. The second-order valence-electron chi connectivity index (χ2n) is 9.06. The lowest BCUT2D eigenvalue weighted by Crippen LogP contribution is -2.43. The van der Waals surface area contributed by atoms with Gasteiger partial charge in [-0.1, -0.05) is 53.7 Å². The number of rotatable bonds is 6. The molecule has 34 heavy (non-hydrogen) atoms. The molecule has 0 saturated carbocycles. The Kier molecular flexibility index (Phi) is 7.59. The highest BCUT2D eigenvalue weighted by atomic mass is 35.5. The number of hydrogen-bond donors (Lipinski definition) is 1. The van der Waals surface area contributed by atoms with Crippen LogP contribution in [0.25, 0.3) is 0 Å². The second kappa shape index (κ2) is 10.7. The predicted molar refractivity (Wildman–Crippen MR) is 142 cm³/mol. The molecule has 3 nitrogen and oxygen atoms in total. The maximum absolute atomic E-state index is 11.2. The Hall–Kier alpha value is -1.47. The van der Waals surface area contributed by atoms with E-state index in [1.54, 1.807) is 11.8 Å². The van der Waals surface area contributed by atoms with Crippen LogP contribution in [0.2, 0.25) is 5.02 Å². The molecule has 0 spiro atoms. The van der Waals surface area contributed by atoms with E-state index in [9.17, 15) is 5.11 Å². The molecule has 5 rings (SSSR count). The van der Waals surface area contributed by atoms with Gasteiger partial charge in [0.15, 0.2) is 0 Å². The number of ether oxygens (including phenoxy) is 1. The summed E-state index contributed by atoms with van der Waals surface area (Å²) in [5.74, 6) is 0. The fourth-order valence-electron chi connectivity index (χ4n) is 4.87. The van der Waals surface area contributed by atoms with Crippen molar-refractivity contribution in [2.75, 3.05) is 32.5 Å². The first-order valence-electron chi connectivity index (χ1n) is 11.8. The monoisotopic (exact) mass is 511 g/mol. The molecule has 0 aliphatic carbocycles.